The molecular formula is C15H10Cl4N4O. The van der Waals surface area contributed by atoms with E-state index in [1.165, 1.54) is 12.4 Å². The van der Waals surface area contributed by atoms with E-state index in [9.17, 15) is 4.79 Å². The van der Waals surface area contributed by atoms with Gasteiger partial charge in [-0.2, -0.15) is 10.2 Å². The second kappa shape index (κ2) is 8.89. The number of benzene rings is 2. The number of carbonyl (C=O) groups is 1. The molecule has 2 aromatic rings. The number of rotatable bonds is 4. The number of hydrazone groups is 2. The summed E-state index contributed by atoms with van der Waals surface area (Å²) in [5, 5.41) is 9.15. The van der Waals surface area contributed by atoms with Crippen molar-refractivity contribution in [3.05, 3.63) is 67.6 Å². The molecule has 2 amide bonds. The summed E-state index contributed by atoms with van der Waals surface area (Å²) in [6.07, 6.45) is 2.66. The molecule has 0 spiro atoms. The number of hydrogen-bond donors (Lipinski definition) is 2. The quantitative estimate of drug-likeness (QED) is 0.549. The Kier molecular flexibility index (Phi) is 6.87. The molecule has 2 aromatic carbocycles. The highest BCUT2D eigenvalue weighted by atomic mass is 35.5. The van der Waals surface area contributed by atoms with Crippen LogP contribution in [-0.2, 0) is 0 Å². The van der Waals surface area contributed by atoms with E-state index in [2.05, 4.69) is 21.1 Å². The maximum absolute atomic E-state index is 11.6. The van der Waals surface area contributed by atoms with Gasteiger partial charge in [0, 0.05) is 11.1 Å². The van der Waals surface area contributed by atoms with Crippen LogP contribution in [0.2, 0.25) is 20.1 Å². The second-order valence-electron chi connectivity index (χ2n) is 4.34. The third-order valence-corrected chi connectivity index (χ3v) is 4.04. The molecule has 2 N–H and O–H groups in total. The summed E-state index contributed by atoms with van der Waals surface area (Å²) in [4.78, 5) is 11.6. The average molecular weight is 404 g/mol. The summed E-state index contributed by atoms with van der Waals surface area (Å²) in [7, 11) is 0. The third kappa shape index (κ3) is 5.11. The van der Waals surface area contributed by atoms with E-state index in [0.29, 0.717) is 31.2 Å². The van der Waals surface area contributed by atoms with E-state index in [-0.39, 0.29) is 0 Å². The monoisotopic (exact) mass is 402 g/mol. The minimum atomic E-state index is -0.658. The van der Waals surface area contributed by atoms with Gasteiger partial charge in [-0.15, -0.1) is 0 Å². The first-order chi connectivity index (χ1) is 11.5. The summed E-state index contributed by atoms with van der Waals surface area (Å²) in [5.74, 6) is 0. The molecule has 2 rings (SSSR count). The molecule has 0 aromatic heterocycles. The van der Waals surface area contributed by atoms with Gasteiger partial charge in [0.15, 0.2) is 0 Å². The minimum absolute atomic E-state index is 0.417. The van der Waals surface area contributed by atoms with Gasteiger partial charge in [-0.3, -0.25) is 0 Å². The van der Waals surface area contributed by atoms with Crippen molar-refractivity contribution < 1.29 is 4.79 Å². The number of urea groups is 1. The number of halogens is 4. The van der Waals surface area contributed by atoms with Crippen LogP contribution in [0.1, 0.15) is 11.1 Å². The van der Waals surface area contributed by atoms with Gasteiger partial charge in [-0.05, 0) is 24.3 Å². The lowest BCUT2D eigenvalue weighted by Gasteiger charge is -2.02. The summed E-state index contributed by atoms with van der Waals surface area (Å²) in [5.41, 5.74) is 5.43. The van der Waals surface area contributed by atoms with Crippen LogP contribution in [0.4, 0.5) is 4.79 Å². The summed E-state index contributed by atoms with van der Waals surface area (Å²) in [6.45, 7) is 0. The van der Waals surface area contributed by atoms with Crippen LogP contribution in [0, 0.1) is 0 Å². The average Bonchev–Trinajstić information content (AvgIpc) is 2.53. The van der Waals surface area contributed by atoms with Crippen molar-refractivity contribution in [1.82, 2.24) is 10.9 Å². The Morgan fingerprint density at radius 1 is 0.750 bits per heavy atom. The Bertz CT molecular complexity index is 702. The van der Waals surface area contributed by atoms with Gasteiger partial charge in [0.1, 0.15) is 0 Å². The van der Waals surface area contributed by atoms with Crippen molar-refractivity contribution in [3.63, 3.8) is 0 Å². The molecule has 0 fully saturated rings. The predicted molar refractivity (Wildman–Crippen MR) is 99.8 cm³/mol. The number of carbonyl (C=O) groups excluding carboxylic acids is 1. The Morgan fingerprint density at radius 3 is 1.42 bits per heavy atom. The first-order valence-electron chi connectivity index (χ1n) is 6.49. The minimum Gasteiger partial charge on any atom is -0.245 e. The van der Waals surface area contributed by atoms with Crippen LogP contribution < -0.4 is 10.9 Å². The maximum atomic E-state index is 11.6. The number of amides is 2. The topological polar surface area (TPSA) is 65.8 Å². The van der Waals surface area contributed by atoms with Gasteiger partial charge in [-0.25, -0.2) is 15.6 Å². The highest BCUT2D eigenvalue weighted by Crippen LogP contribution is 2.22. The summed E-state index contributed by atoms with van der Waals surface area (Å²) in [6, 6.07) is 9.39. The molecule has 0 bridgehead atoms. The molecule has 0 heterocycles. The fourth-order valence-corrected chi connectivity index (χ4v) is 2.59. The van der Waals surface area contributed by atoms with Crippen LogP contribution in [0.3, 0.4) is 0 Å². The molecular weight excluding hydrogens is 394 g/mol. The largest absolute Gasteiger partial charge is 0.355 e. The maximum Gasteiger partial charge on any atom is 0.355 e. The molecule has 24 heavy (non-hydrogen) atoms. The molecule has 5 nitrogen and oxygen atoms in total. The van der Waals surface area contributed by atoms with Crippen LogP contribution >= 0.6 is 46.4 Å². The highest BCUT2D eigenvalue weighted by Gasteiger charge is 2.04. The molecule has 0 unspecified atom stereocenters. The number of hydrogen-bond acceptors (Lipinski definition) is 3. The van der Waals surface area contributed by atoms with Crippen molar-refractivity contribution >= 4 is 64.9 Å². The van der Waals surface area contributed by atoms with Crippen LogP contribution in [0.15, 0.2) is 46.6 Å². The molecule has 0 atom stereocenters. The van der Waals surface area contributed by atoms with E-state index >= 15 is 0 Å². The van der Waals surface area contributed by atoms with E-state index in [1.54, 1.807) is 36.4 Å². The van der Waals surface area contributed by atoms with Crippen LogP contribution in [-0.4, -0.2) is 18.5 Å². The number of nitrogens with one attached hydrogen (secondary N) is 2. The molecule has 9 heteroatoms. The smallest absolute Gasteiger partial charge is 0.245 e. The lowest BCUT2D eigenvalue weighted by molar-refractivity contribution is 0.242. The SMILES string of the molecule is O=C(N/N=C\c1c(Cl)cccc1Cl)N/N=C\c1c(Cl)cccc1Cl. The lowest BCUT2D eigenvalue weighted by atomic mass is 10.2. The Morgan fingerprint density at radius 2 is 1.08 bits per heavy atom. The van der Waals surface area contributed by atoms with Crippen molar-refractivity contribution in [1.29, 1.82) is 0 Å². The first-order valence-corrected chi connectivity index (χ1v) is 8.00. The lowest BCUT2D eigenvalue weighted by Crippen LogP contribution is -2.28. The van der Waals surface area contributed by atoms with Crippen LogP contribution in [0.25, 0.3) is 0 Å². The summed E-state index contributed by atoms with van der Waals surface area (Å²) >= 11 is 23.9. The summed E-state index contributed by atoms with van der Waals surface area (Å²) < 4.78 is 0. The van der Waals surface area contributed by atoms with Crippen molar-refractivity contribution in [3.8, 4) is 0 Å². The van der Waals surface area contributed by atoms with Gasteiger partial charge >= 0.3 is 6.03 Å². The van der Waals surface area contributed by atoms with Gasteiger partial charge in [0.05, 0.1) is 32.5 Å². The normalized spacial score (nSPS) is 11.2. The molecule has 124 valence electrons. The highest BCUT2D eigenvalue weighted by molar-refractivity contribution is 6.39. The molecule has 0 aliphatic rings. The third-order valence-electron chi connectivity index (χ3n) is 2.72. The van der Waals surface area contributed by atoms with Gasteiger partial charge in [0.25, 0.3) is 0 Å². The van der Waals surface area contributed by atoms with E-state index < -0.39 is 6.03 Å². The zero-order chi connectivity index (χ0) is 17.5. The Hall–Kier alpha value is -1.79. The fourth-order valence-electron chi connectivity index (χ4n) is 1.60. The van der Waals surface area contributed by atoms with Crippen molar-refractivity contribution in [2.75, 3.05) is 0 Å². The van der Waals surface area contributed by atoms with Gasteiger partial charge < -0.3 is 0 Å². The standard InChI is InChI=1S/C15H10Cl4N4O/c16-11-3-1-4-12(17)9(11)7-20-22-15(24)23-21-8-10-13(18)5-2-6-14(10)19/h1-8H,(H2,22,23,24)/b20-7-,21-8-. The molecule has 0 aliphatic heterocycles. The van der Waals surface area contributed by atoms with Crippen molar-refractivity contribution in [2.24, 2.45) is 10.2 Å². The zero-order valence-corrected chi connectivity index (χ0v) is 15.0. The second-order valence-corrected chi connectivity index (χ2v) is 5.97. The molecule has 0 saturated carbocycles. The van der Waals surface area contributed by atoms with E-state index in [0.717, 1.165) is 0 Å². The van der Waals surface area contributed by atoms with Crippen molar-refractivity contribution in [2.45, 2.75) is 0 Å². The Labute approximate surface area is 158 Å². The molecule has 0 aliphatic carbocycles. The van der Waals surface area contributed by atoms with Crippen LogP contribution in [0.5, 0.6) is 0 Å². The fraction of sp³-hybridized carbons (Fsp3) is 0. The number of nitrogens with zero attached hydrogens (tertiary/aromatic N) is 2. The zero-order valence-electron chi connectivity index (χ0n) is 11.9. The van der Waals surface area contributed by atoms with E-state index in [1.807, 2.05) is 0 Å². The molecule has 0 saturated heterocycles. The first kappa shape index (κ1) is 18.5. The predicted octanol–water partition coefficient (Wildman–Crippen LogP) is 4.97. The Balaban J connectivity index is 1.92. The molecule has 0 radical (unpaired) electrons. The van der Waals surface area contributed by atoms with E-state index in [4.69, 9.17) is 46.4 Å². The van der Waals surface area contributed by atoms with Gasteiger partial charge in [-0.1, -0.05) is 58.5 Å². The van der Waals surface area contributed by atoms with Gasteiger partial charge in [0.2, 0.25) is 0 Å².